The minimum Gasteiger partial charge on any atom is -0.377 e. The number of hydrogen-bond acceptors (Lipinski definition) is 8. The van der Waals surface area contributed by atoms with Crippen LogP contribution in [-0.4, -0.2) is 49.6 Å². The SMILES string of the molecule is CSNC(=O)c1nc(Cl)ccc1NC(C)c1cc(C)cc2c(=O)n(C)c(N3CCC4(CCc5cn(C)nc54)CC3)nc12. The lowest BCUT2D eigenvalue weighted by atomic mass is 9.76. The molecule has 0 saturated carbocycles. The molecule has 0 bridgehead atoms. The summed E-state index contributed by atoms with van der Waals surface area (Å²) in [5, 5.41) is 9.06. The molecule has 2 N–H and O–H groups in total. The molecule has 1 saturated heterocycles. The lowest BCUT2D eigenvalue weighted by Gasteiger charge is -2.39. The molecule has 1 aliphatic carbocycles. The molecule has 1 spiro atoms. The zero-order valence-corrected chi connectivity index (χ0v) is 26.1. The second-order valence-corrected chi connectivity index (χ2v) is 12.5. The molecular formula is C30H35ClN8O2S. The second-order valence-electron chi connectivity index (χ2n) is 11.5. The molecule has 0 radical (unpaired) electrons. The van der Waals surface area contributed by atoms with E-state index in [4.69, 9.17) is 21.7 Å². The Morgan fingerprint density at radius 1 is 1.14 bits per heavy atom. The van der Waals surface area contributed by atoms with Crippen molar-refractivity contribution >= 4 is 52.0 Å². The van der Waals surface area contributed by atoms with Crippen molar-refractivity contribution in [3.8, 4) is 0 Å². The number of carbonyl (C=O) groups excluding carboxylic acids is 1. The van der Waals surface area contributed by atoms with Crippen LogP contribution in [0.25, 0.3) is 10.9 Å². The Bertz CT molecular complexity index is 1760. The summed E-state index contributed by atoms with van der Waals surface area (Å²) in [6.07, 6.45) is 8.09. The number of benzene rings is 1. The van der Waals surface area contributed by atoms with Gasteiger partial charge in [-0.25, -0.2) is 9.97 Å². The van der Waals surface area contributed by atoms with Crippen molar-refractivity contribution in [2.75, 3.05) is 29.6 Å². The average molecular weight is 607 g/mol. The molecule has 10 nitrogen and oxygen atoms in total. The number of fused-ring (bicyclic) bond motifs is 3. The van der Waals surface area contributed by atoms with Crippen LogP contribution in [0.2, 0.25) is 5.15 Å². The molecule has 220 valence electrons. The number of aryl methyl sites for hydroxylation is 3. The number of aromatic nitrogens is 5. The maximum atomic E-state index is 13.7. The zero-order valence-electron chi connectivity index (χ0n) is 24.5. The van der Waals surface area contributed by atoms with Crippen molar-refractivity contribution in [1.29, 1.82) is 0 Å². The highest BCUT2D eigenvalue weighted by molar-refractivity contribution is 7.97. The number of anilines is 2. The summed E-state index contributed by atoms with van der Waals surface area (Å²) in [5.41, 5.74) is 5.89. The first-order valence-corrected chi connectivity index (χ1v) is 15.8. The second kappa shape index (κ2) is 10.9. The van der Waals surface area contributed by atoms with Crippen LogP contribution in [-0.2, 0) is 25.9 Å². The van der Waals surface area contributed by atoms with Gasteiger partial charge < -0.3 is 10.2 Å². The maximum Gasteiger partial charge on any atom is 0.281 e. The topological polar surface area (TPSA) is 110 Å². The van der Waals surface area contributed by atoms with Gasteiger partial charge in [0.2, 0.25) is 5.95 Å². The Morgan fingerprint density at radius 3 is 2.64 bits per heavy atom. The number of nitrogens with one attached hydrogen (secondary N) is 2. The van der Waals surface area contributed by atoms with E-state index >= 15 is 0 Å². The quantitative estimate of drug-likeness (QED) is 0.240. The molecule has 1 unspecified atom stereocenters. The third kappa shape index (κ3) is 4.92. The maximum absolute atomic E-state index is 13.7. The Balaban J connectivity index is 1.34. The zero-order chi connectivity index (χ0) is 29.8. The highest BCUT2D eigenvalue weighted by Crippen LogP contribution is 2.45. The van der Waals surface area contributed by atoms with Crippen LogP contribution >= 0.6 is 23.5 Å². The normalized spacial score (nSPS) is 16.6. The van der Waals surface area contributed by atoms with E-state index in [-0.39, 0.29) is 33.8 Å². The van der Waals surface area contributed by atoms with Crippen molar-refractivity contribution < 1.29 is 4.79 Å². The molecule has 6 rings (SSSR count). The van der Waals surface area contributed by atoms with Gasteiger partial charge in [-0.2, -0.15) is 5.10 Å². The fraction of sp³-hybridized carbons (Fsp3) is 0.433. The number of halogens is 1. The van der Waals surface area contributed by atoms with E-state index in [0.717, 1.165) is 49.9 Å². The Labute approximate surface area is 254 Å². The van der Waals surface area contributed by atoms with Crippen molar-refractivity contribution in [2.45, 2.75) is 51.0 Å². The van der Waals surface area contributed by atoms with E-state index < -0.39 is 0 Å². The van der Waals surface area contributed by atoms with Gasteiger partial charge in [0.05, 0.1) is 28.3 Å². The van der Waals surface area contributed by atoms with Crippen LogP contribution in [0, 0.1) is 6.92 Å². The van der Waals surface area contributed by atoms with Crippen molar-refractivity contribution in [3.63, 3.8) is 0 Å². The molecule has 1 fully saturated rings. The Morgan fingerprint density at radius 2 is 1.90 bits per heavy atom. The van der Waals surface area contributed by atoms with Crippen LogP contribution < -0.4 is 20.5 Å². The van der Waals surface area contributed by atoms with Crippen LogP contribution in [0.3, 0.4) is 0 Å². The molecule has 42 heavy (non-hydrogen) atoms. The van der Waals surface area contributed by atoms with Crippen LogP contribution in [0.1, 0.15) is 65.1 Å². The first-order valence-electron chi connectivity index (χ1n) is 14.2. The smallest absolute Gasteiger partial charge is 0.281 e. The lowest BCUT2D eigenvalue weighted by molar-refractivity contribution is 0.0980. The summed E-state index contributed by atoms with van der Waals surface area (Å²) >= 11 is 7.31. The number of rotatable bonds is 6. The largest absolute Gasteiger partial charge is 0.377 e. The van der Waals surface area contributed by atoms with Crippen LogP contribution in [0.15, 0.2) is 35.3 Å². The number of carbonyl (C=O) groups is 1. The Kier molecular flexibility index (Phi) is 7.43. The number of pyridine rings is 1. The molecule has 2 aliphatic rings. The molecule has 1 aromatic carbocycles. The van der Waals surface area contributed by atoms with Gasteiger partial charge in [-0.3, -0.25) is 23.6 Å². The van der Waals surface area contributed by atoms with Crippen LogP contribution in [0.4, 0.5) is 11.6 Å². The molecule has 12 heteroatoms. The third-order valence-electron chi connectivity index (χ3n) is 8.72. The summed E-state index contributed by atoms with van der Waals surface area (Å²) < 4.78 is 6.32. The van der Waals surface area contributed by atoms with Crippen molar-refractivity contribution in [1.82, 2.24) is 29.0 Å². The summed E-state index contributed by atoms with van der Waals surface area (Å²) in [6, 6.07) is 7.06. The lowest BCUT2D eigenvalue weighted by Crippen LogP contribution is -2.44. The number of hydrogen-bond donors (Lipinski definition) is 2. The van der Waals surface area contributed by atoms with Gasteiger partial charge in [0.15, 0.2) is 5.69 Å². The standard InChI is InChI=1S/C30H35ClN8O2S/c1-17-14-20(18(2)32-22-6-7-23(31)33-25(22)27(40)36-42-5)24-21(15-17)28(41)38(4)29(34-24)39-12-10-30(11-13-39)9-8-19-16-37(3)35-26(19)30/h6-7,14-16,18,32H,8-13H2,1-5H3,(H,36,40). The minimum atomic E-state index is -0.342. The van der Waals surface area contributed by atoms with E-state index in [1.54, 1.807) is 30.0 Å². The first kappa shape index (κ1) is 28.5. The van der Waals surface area contributed by atoms with Crippen molar-refractivity contribution in [3.05, 3.63) is 74.0 Å². The van der Waals surface area contributed by atoms with E-state index in [9.17, 15) is 9.59 Å². The highest BCUT2D eigenvalue weighted by atomic mass is 35.5. The summed E-state index contributed by atoms with van der Waals surface area (Å²) in [7, 11) is 3.80. The fourth-order valence-corrected chi connectivity index (χ4v) is 7.04. The minimum absolute atomic E-state index is 0.0755. The third-order valence-corrected chi connectivity index (χ3v) is 9.32. The highest BCUT2D eigenvalue weighted by Gasteiger charge is 2.44. The van der Waals surface area contributed by atoms with Gasteiger partial charge in [-0.05, 0) is 68.9 Å². The van der Waals surface area contributed by atoms with Gasteiger partial charge in [0, 0.05) is 50.6 Å². The van der Waals surface area contributed by atoms with Crippen molar-refractivity contribution in [2.24, 2.45) is 14.1 Å². The molecule has 1 amide bonds. The van der Waals surface area contributed by atoms with E-state index in [0.29, 0.717) is 22.5 Å². The van der Waals surface area contributed by atoms with E-state index in [1.807, 2.05) is 37.7 Å². The average Bonchev–Trinajstić information content (AvgIpc) is 3.50. The number of nitrogens with zero attached hydrogens (tertiary/aromatic N) is 6. The predicted molar refractivity (Wildman–Crippen MR) is 169 cm³/mol. The van der Waals surface area contributed by atoms with Gasteiger partial charge in [-0.15, -0.1) is 0 Å². The molecule has 1 aliphatic heterocycles. The van der Waals surface area contributed by atoms with Gasteiger partial charge >= 0.3 is 0 Å². The number of piperidine rings is 1. The monoisotopic (exact) mass is 606 g/mol. The van der Waals surface area contributed by atoms with Crippen LogP contribution in [0.5, 0.6) is 0 Å². The summed E-state index contributed by atoms with van der Waals surface area (Å²) in [4.78, 5) is 38.1. The summed E-state index contributed by atoms with van der Waals surface area (Å²) in [6.45, 7) is 5.58. The molecule has 4 heterocycles. The van der Waals surface area contributed by atoms with E-state index in [1.165, 1.54) is 23.2 Å². The van der Waals surface area contributed by atoms with E-state index in [2.05, 4.69) is 26.1 Å². The predicted octanol–water partition coefficient (Wildman–Crippen LogP) is 4.69. The molecular weight excluding hydrogens is 572 g/mol. The van der Waals surface area contributed by atoms with Gasteiger partial charge in [0.1, 0.15) is 5.15 Å². The summed E-state index contributed by atoms with van der Waals surface area (Å²) in [5.74, 6) is 0.332. The molecule has 3 aromatic heterocycles. The van der Waals surface area contributed by atoms with Gasteiger partial charge in [-0.1, -0.05) is 29.6 Å². The molecule has 1 atom stereocenters. The molecule has 4 aromatic rings. The first-order chi connectivity index (χ1) is 20.1. The fourth-order valence-electron chi connectivity index (χ4n) is 6.61. The Hall–Kier alpha value is -3.57. The van der Waals surface area contributed by atoms with Gasteiger partial charge in [0.25, 0.3) is 11.5 Å². The number of amides is 1.